The van der Waals surface area contributed by atoms with Crippen LogP contribution in [0, 0.1) is 0 Å². The van der Waals surface area contributed by atoms with Gasteiger partial charge >= 0.3 is 0 Å². The zero-order chi connectivity index (χ0) is 22.1. The van der Waals surface area contributed by atoms with E-state index in [0.29, 0.717) is 33.7 Å². The Kier molecular flexibility index (Phi) is 6.30. The van der Waals surface area contributed by atoms with E-state index in [-0.39, 0.29) is 12.1 Å². The van der Waals surface area contributed by atoms with Crippen LogP contribution in [0.4, 0.5) is 11.6 Å². The van der Waals surface area contributed by atoms with E-state index in [1.165, 1.54) is 0 Å². The van der Waals surface area contributed by atoms with Gasteiger partial charge in [0.1, 0.15) is 6.17 Å². The minimum absolute atomic E-state index is 0.00113. The summed E-state index contributed by atoms with van der Waals surface area (Å²) in [6.45, 7) is 2.18. The Labute approximate surface area is 192 Å². The highest BCUT2D eigenvalue weighted by molar-refractivity contribution is 6.36. The SMILES string of the molecule is CCCCCC1NC(=O)c2c(ccc3nc(NC4=C(Cl)CC=CC=C4Cl)n(C)c23)N1C. The molecule has 4 rings (SSSR count). The molecule has 1 unspecified atom stereocenters. The molecule has 31 heavy (non-hydrogen) atoms. The Hall–Kier alpha value is -2.44. The van der Waals surface area contributed by atoms with Gasteiger partial charge in [-0.3, -0.25) is 4.79 Å². The molecule has 0 fully saturated rings. The number of rotatable bonds is 6. The van der Waals surface area contributed by atoms with Crippen LogP contribution < -0.4 is 15.5 Å². The first-order valence-corrected chi connectivity index (χ1v) is 11.4. The number of nitrogens with zero attached hydrogens (tertiary/aromatic N) is 3. The third-order valence-electron chi connectivity index (χ3n) is 5.89. The van der Waals surface area contributed by atoms with Crippen LogP contribution in [-0.4, -0.2) is 28.7 Å². The van der Waals surface area contributed by atoms with E-state index in [4.69, 9.17) is 28.2 Å². The highest BCUT2D eigenvalue weighted by Gasteiger charge is 2.31. The predicted octanol–water partition coefficient (Wildman–Crippen LogP) is 5.60. The number of anilines is 2. The van der Waals surface area contributed by atoms with Gasteiger partial charge in [-0.2, -0.15) is 0 Å². The molecular weight excluding hydrogens is 433 g/mol. The molecule has 1 atom stereocenters. The van der Waals surface area contributed by atoms with Crippen LogP contribution in [0.15, 0.2) is 46.1 Å². The van der Waals surface area contributed by atoms with Gasteiger partial charge < -0.3 is 20.1 Å². The molecule has 1 aromatic carbocycles. The lowest BCUT2D eigenvalue weighted by Gasteiger charge is -2.36. The number of allylic oxidation sites excluding steroid dienone is 5. The molecule has 2 N–H and O–H groups in total. The number of aryl methyl sites for hydroxylation is 1. The third kappa shape index (κ3) is 4.06. The van der Waals surface area contributed by atoms with Crippen molar-refractivity contribution in [1.29, 1.82) is 0 Å². The fourth-order valence-corrected chi connectivity index (χ4v) is 4.66. The number of carbonyl (C=O) groups excluding carboxylic acids is 1. The molecule has 2 aromatic rings. The van der Waals surface area contributed by atoms with Crippen molar-refractivity contribution in [3.63, 3.8) is 0 Å². The van der Waals surface area contributed by atoms with E-state index < -0.39 is 0 Å². The zero-order valence-corrected chi connectivity index (χ0v) is 19.5. The molecule has 2 aliphatic rings. The van der Waals surface area contributed by atoms with Crippen LogP contribution in [0.2, 0.25) is 0 Å². The first kappa shape index (κ1) is 21.8. The number of hydrogen-bond acceptors (Lipinski definition) is 4. The second kappa shape index (κ2) is 8.97. The van der Waals surface area contributed by atoms with Crippen LogP contribution in [-0.2, 0) is 7.05 Å². The lowest BCUT2D eigenvalue weighted by Crippen LogP contribution is -2.51. The Balaban J connectivity index is 1.72. The van der Waals surface area contributed by atoms with Crippen LogP contribution in [0.3, 0.4) is 0 Å². The van der Waals surface area contributed by atoms with Crippen molar-refractivity contribution in [2.24, 2.45) is 7.05 Å². The summed E-state index contributed by atoms with van der Waals surface area (Å²) in [4.78, 5) is 20.0. The van der Waals surface area contributed by atoms with E-state index in [2.05, 4.69) is 22.5 Å². The molecule has 1 aliphatic heterocycles. The number of hydrogen-bond donors (Lipinski definition) is 2. The number of nitrogens with one attached hydrogen (secondary N) is 2. The van der Waals surface area contributed by atoms with E-state index in [0.717, 1.165) is 42.4 Å². The number of aromatic nitrogens is 2. The lowest BCUT2D eigenvalue weighted by atomic mass is 10.0. The second-order valence-electron chi connectivity index (χ2n) is 7.97. The van der Waals surface area contributed by atoms with E-state index in [9.17, 15) is 4.79 Å². The molecule has 1 amide bonds. The predicted molar refractivity (Wildman–Crippen MR) is 129 cm³/mol. The number of halogens is 2. The second-order valence-corrected chi connectivity index (χ2v) is 8.83. The van der Waals surface area contributed by atoms with Gasteiger partial charge in [-0.25, -0.2) is 4.98 Å². The monoisotopic (exact) mass is 459 g/mol. The van der Waals surface area contributed by atoms with Gasteiger partial charge in [0, 0.05) is 25.5 Å². The summed E-state index contributed by atoms with van der Waals surface area (Å²) in [5, 5.41) is 7.56. The average molecular weight is 460 g/mol. The highest BCUT2D eigenvalue weighted by atomic mass is 35.5. The molecule has 8 heteroatoms. The molecule has 0 bridgehead atoms. The van der Waals surface area contributed by atoms with Gasteiger partial charge in [-0.05, 0) is 31.1 Å². The summed E-state index contributed by atoms with van der Waals surface area (Å²) in [5.74, 6) is 0.508. The largest absolute Gasteiger partial charge is 0.354 e. The van der Waals surface area contributed by atoms with E-state index in [1.54, 1.807) is 6.08 Å². The van der Waals surface area contributed by atoms with Crippen LogP contribution in [0.25, 0.3) is 11.0 Å². The maximum atomic E-state index is 13.1. The topological polar surface area (TPSA) is 62.2 Å². The van der Waals surface area contributed by atoms with Crippen molar-refractivity contribution in [2.75, 3.05) is 17.3 Å². The van der Waals surface area contributed by atoms with Crippen LogP contribution in [0.5, 0.6) is 0 Å². The molecule has 2 heterocycles. The van der Waals surface area contributed by atoms with Crippen molar-refractivity contribution in [3.8, 4) is 0 Å². The van der Waals surface area contributed by atoms with Crippen molar-refractivity contribution >= 4 is 51.8 Å². The minimum Gasteiger partial charge on any atom is -0.354 e. The van der Waals surface area contributed by atoms with Gasteiger partial charge in [0.25, 0.3) is 5.91 Å². The number of imidazole rings is 1. The Morgan fingerprint density at radius 1 is 1.26 bits per heavy atom. The first-order chi connectivity index (χ1) is 14.9. The van der Waals surface area contributed by atoms with Crippen LogP contribution in [0.1, 0.15) is 49.4 Å². The summed E-state index contributed by atoms with van der Waals surface area (Å²) in [6.07, 6.45) is 10.5. The van der Waals surface area contributed by atoms with Crippen LogP contribution >= 0.6 is 23.2 Å². The lowest BCUT2D eigenvalue weighted by molar-refractivity contribution is 0.0927. The third-order valence-corrected chi connectivity index (χ3v) is 6.55. The minimum atomic E-state index is -0.0661. The van der Waals surface area contributed by atoms with Gasteiger partial charge in [0.2, 0.25) is 5.95 Å². The molecule has 1 aliphatic carbocycles. The van der Waals surface area contributed by atoms with Gasteiger partial charge in [0.05, 0.1) is 33.0 Å². The van der Waals surface area contributed by atoms with Gasteiger partial charge in [-0.15, -0.1) is 0 Å². The van der Waals surface area contributed by atoms with Crippen molar-refractivity contribution in [3.05, 3.63) is 51.7 Å². The Morgan fingerprint density at radius 2 is 2.06 bits per heavy atom. The Morgan fingerprint density at radius 3 is 2.84 bits per heavy atom. The summed E-state index contributed by atoms with van der Waals surface area (Å²) in [6, 6.07) is 3.94. The average Bonchev–Trinajstić information content (AvgIpc) is 2.98. The smallest absolute Gasteiger partial charge is 0.257 e. The maximum absolute atomic E-state index is 13.1. The number of carbonyl (C=O) groups is 1. The fraction of sp³-hybridized carbons (Fsp3) is 0.391. The van der Waals surface area contributed by atoms with E-state index >= 15 is 0 Å². The summed E-state index contributed by atoms with van der Waals surface area (Å²) < 4.78 is 1.89. The molecular formula is C23H27Cl2N5O. The molecule has 0 radical (unpaired) electrons. The van der Waals surface area contributed by atoms with E-state index in [1.807, 2.05) is 42.9 Å². The van der Waals surface area contributed by atoms with Crippen molar-refractivity contribution in [1.82, 2.24) is 14.9 Å². The molecule has 0 saturated carbocycles. The zero-order valence-electron chi connectivity index (χ0n) is 18.0. The number of unbranched alkanes of at least 4 members (excludes halogenated alkanes) is 2. The van der Waals surface area contributed by atoms with Gasteiger partial charge in [-0.1, -0.05) is 55.1 Å². The maximum Gasteiger partial charge on any atom is 0.257 e. The number of amides is 1. The molecule has 1 aromatic heterocycles. The number of benzene rings is 1. The van der Waals surface area contributed by atoms with Crippen molar-refractivity contribution in [2.45, 2.75) is 45.2 Å². The molecule has 164 valence electrons. The molecule has 0 spiro atoms. The first-order valence-electron chi connectivity index (χ1n) is 10.6. The summed E-state index contributed by atoms with van der Waals surface area (Å²) in [5.41, 5.74) is 3.69. The fourth-order valence-electron chi connectivity index (χ4n) is 4.14. The normalized spacial score (nSPS) is 18.7. The number of fused-ring (bicyclic) bond motifs is 3. The Bertz CT molecular complexity index is 1110. The molecule has 0 saturated heterocycles. The highest BCUT2D eigenvalue weighted by Crippen LogP contribution is 2.35. The van der Waals surface area contributed by atoms with Crippen molar-refractivity contribution < 1.29 is 4.79 Å². The van der Waals surface area contributed by atoms with Gasteiger partial charge in [0.15, 0.2) is 0 Å². The molecule has 6 nitrogen and oxygen atoms in total. The quantitative estimate of drug-likeness (QED) is 0.551. The summed E-state index contributed by atoms with van der Waals surface area (Å²) >= 11 is 12.8. The standard InChI is InChI=1S/C23H27Cl2N5O/c1-4-5-6-11-18-27-22(31)19-17(29(18)2)13-12-16-21(19)30(3)23(26-16)28-20-14(24)9-7-8-10-15(20)25/h7-9,12-13,18H,4-6,10-11H2,1-3H3,(H,26,28)(H,27,31). The summed E-state index contributed by atoms with van der Waals surface area (Å²) in [7, 11) is 3.92.